The maximum atomic E-state index is 6.79. The number of rotatable bonds is 9. The van der Waals surface area contributed by atoms with Crippen LogP contribution in [0, 0.1) is 37.5 Å². The Balaban J connectivity index is 1.32. The Bertz CT molecular complexity index is 2250. The van der Waals surface area contributed by atoms with Gasteiger partial charge >= 0.3 is 0 Å². The Morgan fingerprint density at radius 1 is 0.824 bits per heavy atom. The third-order valence-corrected chi connectivity index (χ3v) is 11.2. The summed E-state index contributed by atoms with van der Waals surface area (Å²) >= 11 is 0. The van der Waals surface area contributed by atoms with Crippen LogP contribution in [0.4, 0.5) is 0 Å². The fourth-order valence-electron chi connectivity index (χ4n) is 8.58. The zero-order valence-corrected chi connectivity index (χ0v) is 32.2. The van der Waals surface area contributed by atoms with Crippen LogP contribution in [-0.4, -0.2) is 19.3 Å². The van der Waals surface area contributed by atoms with Crippen molar-refractivity contribution in [3.05, 3.63) is 119 Å². The second-order valence-electron chi connectivity index (χ2n) is 15.8. The van der Waals surface area contributed by atoms with Gasteiger partial charge in [-0.15, -0.1) is 0 Å². The van der Waals surface area contributed by atoms with Crippen LogP contribution in [0.1, 0.15) is 102 Å². The quantitative estimate of drug-likeness (QED) is 0.143. The Labute approximate surface area is 304 Å². The summed E-state index contributed by atoms with van der Waals surface area (Å²) in [5.41, 5.74) is 11.1. The number of para-hydroxylation sites is 1. The van der Waals surface area contributed by atoms with E-state index in [1.165, 1.54) is 39.6 Å². The number of pyridine rings is 1. The van der Waals surface area contributed by atoms with Crippen LogP contribution >= 0.6 is 0 Å². The van der Waals surface area contributed by atoms with Crippen LogP contribution in [0.5, 0.6) is 11.5 Å². The lowest BCUT2D eigenvalue weighted by atomic mass is 9.65. The highest BCUT2D eigenvalue weighted by Crippen LogP contribution is 2.49. The van der Waals surface area contributed by atoms with Gasteiger partial charge in [-0.2, -0.15) is 5.10 Å². The maximum absolute atomic E-state index is 6.79. The minimum atomic E-state index is 0.325. The molecule has 7 rings (SSSR count). The van der Waals surface area contributed by atoms with Gasteiger partial charge in [0.2, 0.25) is 0 Å². The summed E-state index contributed by atoms with van der Waals surface area (Å²) in [6.45, 7) is 23.0. The largest absolute Gasteiger partial charge is 0.457 e. The van der Waals surface area contributed by atoms with Crippen molar-refractivity contribution >= 4 is 21.8 Å². The molecule has 51 heavy (non-hydrogen) atoms. The number of ether oxygens (including phenoxy) is 1. The molecule has 264 valence electrons. The van der Waals surface area contributed by atoms with Crippen LogP contribution in [0.3, 0.4) is 0 Å². The van der Waals surface area contributed by atoms with E-state index in [1.54, 1.807) is 5.57 Å². The number of allylic oxidation sites excluding steroid dienone is 2. The number of nitrogens with zero attached hydrogens (tertiary/aromatic N) is 4. The molecule has 5 heteroatoms. The molecule has 1 unspecified atom stereocenters. The minimum absolute atomic E-state index is 0.325. The van der Waals surface area contributed by atoms with E-state index in [0.717, 1.165) is 46.2 Å². The Kier molecular flexibility index (Phi) is 9.43. The molecule has 3 aromatic carbocycles. The lowest BCUT2D eigenvalue weighted by molar-refractivity contribution is 0.267. The van der Waals surface area contributed by atoms with Crippen LogP contribution in [0.15, 0.2) is 90.6 Å². The van der Waals surface area contributed by atoms with Crippen LogP contribution < -0.4 is 4.74 Å². The maximum Gasteiger partial charge on any atom is 0.137 e. The Hall–Kier alpha value is -4.64. The summed E-state index contributed by atoms with van der Waals surface area (Å²) < 4.78 is 11.2. The highest BCUT2D eigenvalue weighted by atomic mass is 16.5. The van der Waals surface area contributed by atoms with Gasteiger partial charge in [-0.3, -0.25) is 4.57 Å². The number of aryl methyl sites for hydroxylation is 2. The zero-order chi connectivity index (χ0) is 36.1. The normalized spacial score (nSPS) is 18.1. The Morgan fingerprint density at radius 3 is 2.31 bits per heavy atom. The third-order valence-electron chi connectivity index (χ3n) is 11.2. The van der Waals surface area contributed by atoms with Gasteiger partial charge in [-0.25, -0.2) is 9.67 Å². The van der Waals surface area contributed by atoms with Crippen molar-refractivity contribution in [1.82, 2.24) is 19.3 Å². The lowest BCUT2D eigenvalue weighted by Gasteiger charge is -2.40. The van der Waals surface area contributed by atoms with E-state index >= 15 is 0 Å². The van der Waals surface area contributed by atoms with E-state index in [9.17, 15) is 0 Å². The predicted octanol–water partition coefficient (Wildman–Crippen LogP) is 12.4. The van der Waals surface area contributed by atoms with E-state index in [4.69, 9.17) is 14.8 Å². The van der Waals surface area contributed by atoms with Crippen LogP contribution in [-0.2, 0) is 6.42 Å². The first kappa shape index (κ1) is 34.8. The monoisotopic (exact) mass is 678 g/mol. The van der Waals surface area contributed by atoms with Gasteiger partial charge < -0.3 is 4.74 Å². The van der Waals surface area contributed by atoms with Gasteiger partial charge in [0, 0.05) is 46.3 Å². The second kappa shape index (κ2) is 13.8. The minimum Gasteiger partial charge on any atom is -0.457 e. The Morgan fingerprint density at radius 2 is 1.59 bits per heavy atom. The van der Waals surface area contributed by atoms with E-state index in [-0.39, 0.29) is 0 Å². The van der Waals surface area contributed by atoms with Gasteiger partial charge in [0.15, 0.2) is 0 Å². The van der Waals surface area contributed by atoms with Gasteiger partial charge in [0.25, 0.3) is 0 Å². The molecule has 1 aliphatic rings. The molecule has 0 bridgehead atoms. The zero-order valence-electron chi connectivity index (χ0n) is 32.2. The van der Waals surface area contributed by atoms with Gasteiger partial charge in [0.05, 0.1) is 22.4 Å². The first-order chi connectivity index (χ1) is 24.4. The molecule has 3 heterocycles. The molecule has 3 aromatic heterocycles. The molecule has 0 radical (unpaired) electrons. The smallest absolute Gasteiger partial charge is 0.137 e. The second-order valence-corrected chi connectivity index (χ2v) is 15.8. The lowest BCUT2D eigenvalue weighted by Crippen LogP contribution is -2.29. The molecular weight excluding hydrogens is 625 g/mol. The van der Waals surface area contributed by atoms with E-state index < -0.39 is 0 Å². The highest BCUT2D eigenvalue weighted by Gasteiger charge is 2.37. The molecule has 1 aliphatic carbocycles. The molecule has 0 amide bonds. The summed E-state index contributed by atoms with van der Waals surface area (Å²) in [6.07, 6.45) is 6.64. The fourth-order valence-corrected chi connectivity index (χ4v) is 8.58. The van der Waals surface area contributed by atoms with Gasteiger partial charge in [0.1, 0.15) is 17.3 Å². The van der Waals surface area contributed by atoms with E-state index in [0.29, 0.717) is 35.5 Å². The average molecular weight is 679 g/mol. The van der Waals surface area contributed by atoms with Gasteiger partial charge in [-0.1, -0.05) is 85.2 Å². The number of hydrogen-bond donors (Lipinski definition) is 0. The van der Waals surface area contributed by atoms with Crippen LogP contribution in [0.25, 0.3) is 33.3 Å². The van der Waals surface area contributed by atoms with E-state index in [1.807, 2.05) is 6.20 Å². The molecule has 0 N–H and O–H groups in total. The topological polar surface area (TPSA) is 44.9 Å². The van der Waals surface area contributed by atoms with Crippen molar-refractivity contribution in [2.75, 3.05) is 0 Å². The first-order valence-corrected chi connectivity index (χ1v) is 19.0. The predicted molar refractivity (Wildman–Crippen MR) is 213 cm³/mol. The van der Waals surface area contributed by atoms with Crippen molar-refractivity contribution in [3.63, 3.8) is 0 Å². The molecular formula is C46H54N4O. The van der Waals surface area contributed by atoms with Crippen molar-refractivity contribution < 1.29 is 4.74 Å². The molecule has 0 spiro atoms. The average Bonchev–Trinajstić information content (AvgIpc) is 3.60. The van der Waals surface area contributed by atoms with E-state index in [2.05, 4.69) is 157 Å². The molecule has 0 saturated heterocycles. The summed E-state index contributed by atoms with van der Waals surface area (Å²) in [4.78, 5) is 4.81. The highest BCUT2D eigenvalue weighted by molar-refractivity contribution is 6.09. The molecule has 6 aromatic rings. The number of hydrogen-bond acceptors (Lipinski definition) is 3. The molecule has 3 atom stereocenters. The fraction of sp³-hybridized carbons (Fsp3) is 0.391. The summed E-state index contributed by atoms with van der Waals surface area (Å²) in [7, 11) is 0. The molecule has 0 fully saturated rings. The van der Waals surface area contributed by atoms with Crippen LogP contribution in [0.2, 0.25) is 0 Å². The van der Waals surface area contributed by atoms with Crippen molar-refractivity contribution in [3.8, 4) is 23.0 Å². The molecule has 0 aliphatic heterocycles. The third kappa shape index (κ3) is 6.41. The molecule has 5 nitrogen and oxygen atoms in total. The summed E-state index contributed by atoms with van der Waals surface area (Å²) in [6, 6.07) is 25.9. The van der Waals surface area contributed by atoms with Crippen molar-refractivity contribution in [1.29, 1.82) is 0 Å². The number of benzene rings is 3. The summed E-state index contributed by atoms with van der Waals surface area (Å²) in [5, 5.41) is 7.64. The standard InChI is InChI=1S/C46H54N4O/c1-11-33-18-19-47-44(22-33)49-42-15-13-12-14-38(42)39-17-16-36(26-43(39)49)51-37-24-34(27(2)3)23-35(25-37)50-32(10)45(31(9)48-50)46-40(28(4)5)20-30(8)21-41(46)29(6)7/h12-20,22-30,41,46H,11,21H2,1-10H3/t30-,41+,46?/m0/s1. The number of fused-ring (bicyclic) bond motifs is 3. The SMILES string of the molecule is CCc1ccnc(-n2c3ccccc3c3ccc(Oc4cc(C(C)C)cc(-n5nc(C)c(C6C(C(C)C)=C[C@H](C)C[C@@H]6C(C)C)c5C)c4)cc32)c1. The number of aromatic nitrogens is 4. The summed E-state index contributed by atoms with van der Waals surface area (Å²) in [5.74, 6) is 5.50. The van der Waals surface area contributed by atoms with Gasteiger partial charge in [-0.05, 0) is 110 Å². The first-order valence-electron chi connectivity index (χ1n) is 19.0. The molecule has 0 saturated carbocycles. The van der Waals surface area contributed by atoms with Crippen molar-refractivity contribution in [2.24, 2.45) is 23.7 Å². The van der Waals surface area contributed by atoms with Crippen molar-refractivity contribution in [2.45, 2.75) is 93.9 Å².